The predicted molar refractivity (Wildman–Crippen MR) is 118 cm³/mol. The van der Waals surface area contributed by atoms with Gasteiger partial charge < -0.3 is 10.2 Å². The summed E-state index contributed by atoms with van der Waals surface area (Å²) in [6.45, 7) is 2.33. The summed E-state index contributed by atoms with van der Waals surface area (Å²) in [4.78, 5) is 27.2. The van der Waals surface area contributed by atoms with Gasteiger partial charge in [-0.05, 0) is 49.6 Å². The van der Waals surface area contributed by atoms with Crippen LogP contribution in [0.3, 0.4) is 0 Å². The molecule has 1 N–H and O–H groups in total. The van der Waals surface area contributed by atoms with Gasteiger partial charge in [0.15, 0.2) is 0 Å². The van der Waals surface area contributed by atoms with E-state index in [-0.39, 0.29) is 48.7 Å². The van der Waals surface area contributed by atoms with E-state index in [9.17, 15) is 22.4 Å². The third-order valence-corrected chi connectivity index (χ3v) is 7.44. The summed E-state index contributed by atoms with van der Waals surface area (Å²) in [6.07, 6.45) is 1.84. The molecule has 1 heterocycles. The molecule has 2 aromatic carbocycles. The highest BCUT2D eigenvalue weighted by Crippen LogP contribution is 2.26. The monoisotopic (exact) mass is 461 g/mol. The first-order valence-electron chi connectivity index (χ1n) is 10.7. The number of amides is 2. The molecular weight excluding hydrogens is 433 g/mol. The number of halogens is 1. The molecule has 7 nitrogen and oxygen atoms in total. The van der Waals surface area contributed by atoms with Gasteiger partial charge in [0.2, 0.25) is 21.8 Å². The van der Waals surface area contributed by atoms with Gasteiger partial charge in [-0.3, -0.25) is 9.59 Å². The number of piperidine rings is 1. The Morgan fingerprint density at radius 3 is 2.44 bits per heavy atom. The van der Waals surface area contributed by atoms with Gasteiger partial charge in [-0.1, -0.05) is 36.8 Å². The normalized spacial score (nSPS) is 17.0. The summed E-state index contributed by atoms with van der Waals surface area (Å²) >= 11 is 0. The SMILES string of the molecule is CCN(CC(=O)NCc1ccc(F)cc1)C(=O)C1CCCCN1S(=O)(=O)c1ccccc1. The molecule has 0 radical (unpaired) electrons. The predicted octanol–water partition coefficient (Wildman–Crippen LogP) is 2.53. The van der Waals surface area contributed by atoms with Crippen LogP contribution in [0, 0.1) is 5.82 Å². The van der Waals surface area contributed by atoms with Crippen molar-refractivity contribution in [1.29, 1.82) is 0 Å². The molecule has 3 rings (SSSR count). The molecule has 2 amide bonds. The second-order valence-electron chi connectivity index (χ2n) is 7.70. The van der Waals surface area contributed by atoms with Crippen LogP contribution in [-0.2, 0) is 26.2 Å². The Bertz CT molecular complexity index is 1030. The van der Waals surface area contributed by atoms with Crippen molar-refractivity contribution in [3.05, 3.63) is 66.0 Å². The van der Waals surface area contributed by atoms with Gasteiger partial charge in [0.25, 0.3) is 0 Å². The Labute approximate surface area is 188 Å². The maximum Gasteiger partial charge on any atom is 0.243 e. The van der Waals surface area contributed by atoms with Crippen LogP contribution in [0.25, 0.3) is 0 Å². The van der Waals surface area contributed by atoms with E-state index in [1.54, 1.807) is 37.3 Å². The molecule has 1 unspecified atom stereocenters. The Hall–Kier alpha value is -2.78. The van der Waals surface area contributed by atoms with Gasteiger partial charge in [0.05, 0.1) is 11.4 Å². The Balaban J connectivity index is 1.68. The molecule has 172 valence electrons. The smallest absolute Gasteiger partial charge is 0.243 e. The molecule has 0 spiro atoms. The van der Waals surface area contributed by atoms with Crippen LogP contribution in [0.5, 0.6) is 0 Å². The first-order chi connectivity index (χ1) is 15.3. The molecule has 9 heteroatoms. The van der Waals surface area contributed by atoms with Crippen LogP contribution in [0.1, 0.15) is 31.7 Å². The van der Waals surface area contributed by atoms with E-state index in [2.05, 4.69) is 5.32 Å². The second-order valence-corrected chi connectivity index (χ2v) is 9.59. The van der Waals surface area contributed by atoms with Crippen molar-refractivity contribution in [1.82, 2.24) is 14.5 Å². The molecule has 1 fully saturated rings. The van der Waals surface area contributed by atoms with Gasteiger partial charge in [0.1, 0.15) is 11.9 Å². The van der Waals surface area contributed by atoms with Crippen molar-refractivity contribution in [3.63, 3.8) is 0 Å². The molecule has 1 saturated heterocycles. The summed E-state index contributed by atoms with van der Waals surface area (Å²) in [5.74, 6) is -1.09. The van der Waals surface area contributed by atoms with E-state index in [0.29, 0.717) is 12.8 Å². The average Bonchev–Trinajstić information content (AvgIpc) is 2.82. The summed E-state index contributed by atoms with van der Waals surface area (Å²) in [5.41, 5.74) is 0.738. The Morgan fingerprint density at radius 2 is 1.78 bits per heavy atom. The number of hydrogen-bond donors (Lipinski definition) is 1. The second kappa shape index (κ2) is 10.7. The fourth-order valence-electron chi connectivity index (χ4n) is 3.76. The van der Waals surface area contributed by atoms with Gasteiger partial charge in [-0.25, -0.2) is 12.8 Å². The van der Waals surface area contributed by atoms with Crippen molar-refractivity contribution >= 4 is 21.8 Å². The molecule has 0 aromatic heterocycles. The van der Waals surface area contributed by atoms with Gasteiger partial charge in [0, 0.05) is 19.6 Å². The fraction of sp³-hybridized carbons (Fsp3) is 0.391. The lowest BCUT2D eigenvalue weighted by molar-refractivity contribution is -0.139. The lowest BCUT2D eigenvalue weighted by Crippen LogP contribution is -2.54. The number of hydrogen-bond acceptors (Lipinski definition) is 4. The Kier molecular flexibility index (Phi) is 7.98. The van der Waals surface area contributed by atoms with Crippen LogP contribution < -0.4 is 5.32 Å². The molecular formula is C23H28FN3O4S. The highest BCUT2D eigenvalue weighted by atomic mass is 32.2. The summed E-state index contributed by atoms with van der Waals surface area (Å²) in [7, 11) is -3.82. The fourth-order valence-corrected chi connectivity index (χ4v) is 5.43. The van der Waals surface area contributed by atoms with Crippen LogP contribution >= 0.6 is 0 Å². The molecule has 0 aliphatic carbocycles. The number of nitrogens with zero attached hydrogens (tertiary/aromatic N) is 2. The standard InChI is InChI=1S/C23H28FN3O4S/c1-2-26(17-22(28)25-16-18-11-13-19(24)14-12-18)23(29)21-10-6-7-15-27(21)32(30,31)20-8-4-3-5-9-20/h3-5,8-9,11-14,21H,2,6-7,10,15-17H2,1H3,(H,25,28). The maximum absolute atomic E-state index is 13.3. The number of carbonyl (C=O) groups excluding carboxylic acids is 2. The summed E-state index contributed by atoms with van der Waals surface area (Å²) in [6, 6.07) is 13.0. The van der Waals surface area contributed by atoms with Gasteiger partial charge in [-0.15, -0.1) is 0 Å². The topological polar surface area (TPSA) is 86.8 Å². The zero-order valence-electron chi connectivity index (χ0n) is 18.0. The first-order valence-corrected chi connectivity index (χ1v) is 12.1. The van der Waals surface area contributed by atoms with Crippen LogP contribution in [0.2, 0.25) is 0 Å². The number of nitrogens with one attached hydrogen (secondary N) is 1. The average molecular weight is 462 g/mol. The minimum Gasteiger partial charge on any atom is -0.350 e. The minimum atomic E-state index is -3.82. The van der Waals surface area contributed by atoms with Gasteiger partial charge >= 0.3 is 0 Å². The maximum atomic E-state index is 13.3. The molecule has 32 heavy (non-hydrogen) atoms. The van der Waals surface area contributed by atoms with Crippen molar-refractivity contribution in [2.75, 3.05) is 19.6 Å². The largest absolute Gasteiger partial charge is 0.350 e. The molecule has 1 aliphatic heterocycles. The third kappa shape index (κ3) is 5.72. The van der Waals surface area contributed by atoms with Crippen molar-refractivity contribution in [3.8, 4) is 0 Å². The van der Waals surface area contributed by atoms with E-state index in [0.717, 1.165) is 12.0 Å². The number of benzene rings is 2. The van der Waals surface area contributed by atoms with E-state index < -0.39 is 16.1 Å². The highest BCUT2D eigenvalue weighted by molar-refractivity contribution is 7.89. The molecule has 2 aromatic rings. The molecule has 1 atom stereocenters. The summed E-state index contributed by atoms with van der Waals surface area (Å²) < 4.78 is 40.6. The van der Waals surface area contributed by atoms with Crippen LogP contribution in [-0.4, -0.2) is 55.1 Å². The molecule has 0 saturated carbocycles. The zero-order chi connectivity index (χ0) is 23.1. The van der Waals surface area contributed by atoms with E-state index in [1.807, 2.05) is 0 Å². The summed E-state index contributed by atoms with van der Waals surface area (Å²) in [5, 5.41) is 2.72. The Morgan fingerprint density at radius 1 is 1.09 bits per heavy atom. The highest BCUT2D eigenvalue weighted by Gasteiger charge is 2.39. The number of sulfonamides is 1. The van der Waals surface area contributed by atoms with Crippen LogP contribution in [0.4, 0.5) is 4.39 Å². The minimum absolute atomic E-state index is 0.153. The lowest BCUT2D eigenvalue weighted by atomic mass is 10.0. The number of rotatable bonds is 8. The van der Waals surface area contributed by atoms with Crippen LogP contribution in [0.15, 0.2) is 59.5 Å². The molecule has 0 bridgehead atoms. The zero-order valence-corrected chi connectivity index (χ0v) is 18.9. The lowest BCUT2D eigenvalue weighted by Gasteiger charge is -2.36. The van der Waals surface area contributed by atoms with E-state index >= 15 is 0 Å². The van der Waals surface area contributed by atoms with Crippen molar-refractivity contribution in [2.45, 2.75) is 43.7 Å². The van der Waals surface area contributed by atoms with E-state index in [1.165, 1.54) is 33.5 Å². The van der Waals surface area contributed by atoms with Crippen molar-refractivity contribution < 1.29 is 22.4 Å². The number of carbonyl (C=O) groups is 2. The number of likely N-dealkylation sites (N-methyl/N-ethyl adjacent to an activating group) is 1. The first kappa shape index (κ1) is 23.9. The van der Waals surface area contributed by atoms with Gasteiger partial charge in [-0.2, -0.15) is 4.31 Å². The third-order valence-electron chi connectivity index (χ3n) is 5.52. The van der Waals surface area contributed by atoms with Crippen molar-refractivity contribution in [2.24, 2.45) is 0 Å². The van der Waals surface area contributed by atoms with E-state index in [4.69, 9.17) is 0 Å². The quantitative estimate of drug-likeness (QED) is 0.655. The molecule has 1 aliphatic rings.